The first-order chi connectivity index (χ1) is 10.1. The van der Waals surface area contributed by atoms with Crippen LogP contribution in [0.5, 0.6) is 0 Å². The fraction of sp³-hybridized carbons (Fsp3) is 0.923. The Bertz CT molecular complexity index is 466. The average Bonchev–Trinajstić information content (AvgIpc) is 3.02. The molecule has 0 radical (unpaired) electrons. The fourth-order valence-corrected chi connectivity index (χ4v) is 4.49. The molecular formula is C13H26N4O3S. The van der Waals surface area contributed by atoms with Crippen LogP contribution in [0, 0.1) is 5.92 Å². The lowest BCUT2D eigenvalue weighted by Crippen LogP contribution is -2.43. The molecule has 2 saturated heterocycles. The lowest BCUT2D eigenvalue weighted by Gasteiger charge is -2.23. The largest absolute Gasteiger partial charge is 0.384 e. The van der Waals surface area contributed by atoms with E-state index in [1.807, 2.05) is 0 Å². The SMILES string of the molecule is CN=C(NCCN1CCCS1(=O)=O)N1CCC(COC)C1. The van der Waals surface area contributed by atoms with E-state index in [9.17, 15) is 8.42 Å². The van der Waals surface area contributed by atoms with Crippen molar-refractivity contribution in [2.24, 2.45) is 10.9 Å². The maximum absolute atomic E-state index is 11.7. The van der Waals surface area contributed by atoms with Gasteiger partial charge in [0.15, 0.2) is 5.96 Å². The molecule has 1 N–H and O–H groups in total. The first-order valence-electron chi connectivity index (χ1n) is 7.49. The molecule has 2 fully saturated rings. The third-order valence-electron chi connectivity index (χ3n) is 4.05. The van der Waals surface area contributed by atoms with Gasteiger partial charge in [0, 0.05) is 52.8 Å². The highest BCUT2D eigenvalue weighted by Crippen LogP contribution is 2.16. The molecule has 21 heavy (non-hydrogen) atoms. The van der Waals surface area contributed by atoms with E-state index in [0.29, 0.717) is 25.6 Å². The first kappa shape index (κ1) is 16.5. The number of sulfonamides is 1. The summed E-state index contributed by atoms with van der Waals surface area (Å²) in [4.78, 5) is 6.50. The van der Waals surface area contributed by atoms with Gasteiger partial charge in [-0.15, -0.1) is 0 Å². The van der Waals surface area contributed by atoms with Crippen molar-refractivity contribution in [3.63, 3.8) is 0 Å². The van der Waals surface area contributed by atoms with Gasteiger partial charge in [0.05, 0.1) is 12.4 Å². The molecule has 2 aliphatic rings. The summed E-state index contributed by atoms with van der Waals surface area (Å²) in [5, 5.41) is 3.27. The van der Waals surface area contributed by atoms with Crippen LogP contribution in [0.25, 0.3) is 0 Å². The predicted molar refractivity (Wildman–Crippen MR) is 82.9 cm³/mol. The summed E-state index contributed by atoms with van der Waals surface area (Å²) in [5.41, 5.74) is 0. The minimum absolute atomic E-state index is 0.284. The highest BCUT2D eigenvalue weighted by molar-refractivity contribution is 7.89. The van der Waals surface area contributed by atoms with Crippen molar-refractivity contribution in [2.45, 2.75) is 12.8 Å². The molecule has 1 atom stereocenters. The van der Waals surface area contributed by atoms with Crippen molar-refractivity contribution in [1.82, 2.24) is 14.5 Å². The van der Waals surface area contributed by atoms with Gasteiger partial charge in [0.1, 0.15) is 0 Å². The number of nitrogens with one attached hydrogen (secondary N) is 1. The number of nitrogens with zero attached hydrogens (tertiary/aromatic N) is 3. The average molecular weight is 318 g/mol. The Morgan fingerprint density at radius 3 is 2.86 bits per heavy atom. The smallest absolute Gasteiger partial charge is 0.214 e. The molecule has 0 aliphatic carbocycles. The number of hydrogen-bond acceptors (Lipinski definition) is 4. The monoisotopic (exact) mass is 318 g/mol. The molecule has 0 aromatic heterocycles. The highest BCUT2D eigenvalue weighted by Gasteiger charge is 2.28. The van der Waals surface area contributed by atoms with Crippen LogP contribution in [0.2, 0.25) is 0 Å². The predicted octanol–water partition coefficient (Wildman–Crippen LogP) is -0.434. The third-order valence-corrected chi connectivity index (χ3v) is 6.00. The molecule has 0 aromatic rings. The Morgan fingerprint density at radius 1 is 1.43 bits per heavy atom. The molecule has 0 aromatic carbocycles. The van der Waals surface area contributed by atoms with E-state index in [2.05, 4.69) is 15.2 Å². The maximum atomic E-state index is 11.7. The van der Waals surface area contributed by atoms with Gasteiger partial charge < -0.3 is 15.0 Å². The van der Waals surface area contributed by atoms with Gasteiger partial charge in [0.2, 0.25) is 10.0 Å². The van der Waals surface area contributed by atoms with Crippen molar-refractivity contribution < 1.29 is 13.2 Å². The molecule has 7 nitrogen and oxygen atoms in total. The summed E-state index contributed by atoms with van der Waals surface area (Å²) >= 11 is 0. The number of hydrogen-bond donors (Lipinski definition) is 1. The van der Waals surface area contributed by atoms with Crippen molar-refractivity contribution in [1.29, 1.82) is 0 Å². The first-order valence-corrected chi connectivity index (χ1v) is 9.10. The third kappa shape index (κ3) is 4.31. The second-order valence-electron chi connectivity index (χ2n) is 5.60. The number of aliphatic imine (C=N–C) groups is 1. The number of likely N-dealkylation sites (tertiary alicyclic amines) is 1. The van der Waals surface area contributed by atoms with Crippen LogP contribution in [0.4, 0.5) is 0 Å². The number of guanidine groups is 1. The van der Waals surface area contributed by atoms with Gasteiger partial charge in [-0.3, -0.25) is 4.99 Å². The summed E-state index contributed by atoms with van der Waals surface area (Å²) < 4.78 is 30.2. The minimum atomic E-state index is -3.00. The van der Waals surface area contributed by atoms with Crippen LogP contribution in [0.1, 0.15) is 12.8 Å². The van der Waals surface area contributed by atoms with Crippen LogP contribution in [0.15, 0.2) is 4.99 Å². The van der Waals surface area contributed by atoms with Crippen LogP contribution < -0.4 is 5.32 Å². The molecule has 0 amide bonds. The number of ether oxygens (including phenoxy) is 1. The zero-order valence-corrected chi connectivity index (χ0v) is 13.7. The normalized spacial score (nSPS) is 26.5. The van der Waals surface area contributed by atoms with Crippen LogP contribution in [-0.4, -0.2) is 82.8 Å². The van der Waals surface area contributed by atoms with Crippen molar-refractivity contribution in [3.8, 4) is 0 Å². The Morgan fingerprint density at radius 2 is 2.24 bits per heavy atom. The standard InChI is InChI=1S/C13H26N4O3S/c1-14-13(16-7-4-12(10-16)11-20-2)15-5-8-17-6-3-9-21(17,18)19/h12H,3-11H2,1-2H3,(H,14,15). The second kappa shape index (κ2) is 7.42. The zero-order valence-electron chi connectivity index (χ0n) is 12.9. The lowest BCUT2D eigenvalue weighted by molar-refractivity contribution is 0.157. The van der Waals surface area contributed by atoms with E-state index in [-0.39, 0.29) is 5.75 Å². The number of rotatable bonds is 5. The van der Waals surface area contributed by atoms with Gasteiger partial charge in [-0.1, -0.05) is 0 Å². The molecule has 2 aliphatic heterocycles. The molecule has 0 saturated carbocycles. The molecule has 1 unspecified atom stereocenters. The lowest BCUT2D eigenvalue weighted by atomic mass is 10.1. The summed E-state index contributed by atoms with van der Waals surface area (Å²) in [5.74, 6) is 1.68. The van der Waals surface area contributed by atoms with Gasteiger partial charge in [-0.25, -0.2) is 12.7 Å². The van der Waals surface area contributed by atoms with Crippen LogP contribution in [0.3, 0.4) is 0 Å². The Hall–Kier alpha value is -0.860. The molecule has 2 rings (SSSR count). The van der Waals surface area contributed by atoms with Gasteiger partial charge in [0.25, 0.3) is 0 Å². The topological polar surface area (TPSA) is 74.2 Å². The Labute approximate surface area is 127 Å². The fourth-order valence-electron chi connectivity index (χ4n) is 2.96. The van der Waals surface area contributed by atoms with E-state index in [1.54, 1.807) is 18.5 Å². The molecule has 2 heterocycles. The molecule has 122 valence electrons. The Balaban J connectivity index is 1.76. The highest BCUT2D eigenvalue weighted by atomic mass is 32.2. The molecule has 8 heteroatoms. The summed E-state index contributed by atoms with van der Waals surface area (Å²) in [6, 6.07) is 0. The van der Waals surface area contributed by atoms with Crippen LogP contribution in [-0.2, 0) is 14.8 Å². The van der Waals surface area contributed by atoms with E-state index in [1.165, 1.54) is 0 Å². The van der Waals surface area contributed by atoms with Gasteiger partial charge in [-0.05, 0) is 12.8 Å². The van der Waals surface area contributed by atoms with Crippen molar-refractivity contribution >= 4 is 16.0 Å². The van der Waals surface area contributed by atoms with Crippen LogP contribution >= 0.6 is 0 Å². The van der Waals surface area contributed by atoms with E-state index < -0.39 is 10.0 Å². The molecule has 0 spiro atoms. The Kier molecular flexibility index (Phi) is 5.83. The quantitative estimate of drug-likeness (QED) is 0.550. The van der Waals surface area contributed by atoms with E-state index in [4.69, 9.17) is 4.74 Å². The number of methoxy groups -OCH3 is 1. The van der Waals surface area contributed by atoms with E-state index >= 15 is 0 Å². The van der Waals surface area contributed by atoms with Crippen molar-refractivity contribution in [3.05, 3.63) is 0 Å². The summed E-state index contributed by atoms with van der Waals surface area (Å²) in [6.45, 7) is 4.43. The molecular weight excluding hydrogens is 292 g/mol. The second-order valence-corrected chi connectivity index (χ2v) is 7.69. The molecule has 0 bridgehead atoms. The van der Waals surface area contributed by atoms with Gasteiger partial charge in [-0.2, -0.15) is 0 Å². The van der Waals surface area contributed by atoms with Gasteiger partial charge >= 0.3 is 0 Å². The zero-order chi connectivity index (χ0) is 15.3. The maximum Gasteiger partial charge on any atom is 0.214 e. The van der Waals surface area contributed by atoms with E-state index in [0.717, 1.165) is 38.5 Å². The van der Waals surface area contributed by atoms with Crippen molar-refractivity contribution in [2.75, 3.05) is 59.2 Å². The minimum Gasteiger partial charge on any atom is -0.384 e. The summed E-state index contributed by atoms with van der Waals surface area (Å²) in [7, 11) is 0.487. The summed E-state index contributed by atoms with van der Waals surface area (Å²) in [6.07, 6.45) is 1.84.